The van der Waals surface area contributed by atoms with E-state index in [4.69, 9.17) is 11.5 Å². The second kappa shape index (κ2) is 5.62. The lowest BCUT2D eigenvalue weighted by molar-refractivity contribution is -0.142. The first kappa shape index (κ1) is 16.5. The molecule has 1 fully saturated rings. The third kappa shape index (κ3) is 3.75. The first-order chi connectivity index (χ1) is 11.1. The van der Waals surface area contributed by atoms with E-state index in [1.165, 1.54) is 12.4 Å². The third-order valence-corrected chi connectivity index (χ3v) is 3.83. The van der Waals surface area contributed by atoms with Crippen molar-refractivity contribution in [1.82, 2.24) is 19.7 Å². The number of nitrogens with two attached hydrogens (primary N) is 2. The van der Waals surface area contributed by atoms with Gasteiger partial charge in [0, 0.05) is 36.5 Å². The van der Waals surface area contributed by atoms with Crippen LogP contribution < -0.4 is 16.4 Å². The van der Waals surface area contributed by atoms with Crippen LogP contribution in [0.3, 0.4) is 0 Å². The number of hydrogen-bond donors (Lipinski definition) is 2. The van der Waals surface area contributed by atoms with Crippen molar-refractivity contribution in [2.75, 3.05) is 23.7 Å². The van der Waals surface area contributed by atoms with Gasteiger partial charge in [0.05, 0.1) is 11.9 Å². The van der Waals surface area contributed by atoms with Gasteiger partial charge in [-0.1, -0.05) is 0 Å². The minimum absolute atomic E-state index is 0.0525. The van der Waals surface area contributed by atoms with Gasteiger partial charge in [0.25, 0.3) is 0 Å². The fourth-order valence-corrected chi connectivity index (χ4v) is 2.71. The second-order valence-corrected chi connectivity index (χ2v) is 6.34. The summed E-state index contributed by atoms with van der Waals surface area (Å²) in [6.45, 7) is 2.16. The van der Waals surface area contributed by atoms with Crippen molar-refractivity contribution in [2.24, 2.45) is 5.73 Å². The van der Waals surface area contributed by atoms with Crippen LogP contribution in [0.1, 0.15) is 13.3 Å². The van der Waals surface area contributed by atoms with Crippen LogP contribution in [-0.4, -0.2) is 44.6 Å². The van der Waals surface area contributed by atoms with Crippen molar-refractivity contribution in [3.05, 3.63) is 18.5 Å². The molecule has 130 valence electrons. The van der Waals surface area contributed by atoms with E-state index in [9.17, 15) is 13.2 Å². The Morgan fingerprint density at radius 2 is 2.08 bits per heavy atom. The van der Waals surface area contributed by atoms with Crippen molar-refractivity contribution >= 4 is 11.8 Å². The Bertz CT molecular complexity index is 738. The molecule has 0 spiro atoms. The van der Waals surface area contributed by atoms with Crippen molar-refractivity contribution in [2.45, 2.75) is 31.6 Å². The molecule has 0 radical (unpaired) electrons. The number of alkyl halides is 3. The molecule has 0 bridgehead atoms. The standard InChI is InChI=1S/C14H18F3N7/c1-13(19)2-3-23(7-13)11-4-10(21-12(18)22-11)9-5-20-24(6-9)8-14(15,16)17/h4-6H,2-3,7-8,19H2,1H3,(H2,18,21,22)/t13-/m0/s1. The molecule has 0 aliphatic carbocycles. The van der Waals surface area contributed by atoms with Gasteiger partial charge in [0.1, 0.15) is 12.4 Å². The quantitative estimate of drug-likeness (QED) is 0.876. The predicted octanol–water partition coefficient (Wildman–Crippen LogP) is 1.41. The van der Waals surface area contributed by atoms with E-state index >= 15 is 0 Å². The van der Waals surface area contributed by atoms with E-state index < -0.39 is 12.7 Å². The summed E-state index contributed by atoms with van der Waals surface area (Å²) in [5.41, 5.74) is 12.4. The summed E-state index contributed by atoms with van der Waals surface area (Å²) in [7, 11) is 0. The van der Waals surface area contributed by atoms with Gasteiger partial charge >= 0.3 is 6.18 Å². The SMILES string of the molecule is C[C@]1(N)CCN(c2cc(-c3cnn(CC(F)(F)F)c3)nc(N)n2)C1. The molecule has 3 rings (SSSR count). The highest BCUT2D eigenvalue weighted by atomic mass is 19.4. The first-order valence-corrected chi connectivity index (χ1v) is 7.39. The average Bonchev–Trinajstić information content (AvgIpc) is 3.03. The largest absolute Gasteiger partial charge is 0.408 e. The van der Waals surface area contributed by atoms with Gasteiger partial charge < -0.3 is 16.4 Å². The molecule has 7 nitrogen and oxygen atoms in total. The summed E-state index contributed by atoms with van der Waals surface area (Å²) in [5, 5.41) is 3.72. The van der Waals surface area contributed by atoms with Crippen LogP contribution in [-0.2, 0) is 6.54 Å². The van der Waals surface area contributed by atoms with Gasteiger partial charge in [-0.05, 0) is 13.3 Å². The molecule has 1 saturated heterocycles. The Labute approximate surface area is 136 Å². The summed E-state index contributed by atoms with van der Waals surface area (Å²) in [6, 6.07) is 1.69. The minimum Gasteiger partial charge on any atom is -0.368 e. The molecular weight excluding hydrogens is 323 g/mol. The highest BCUT2D eigenvalue weighted by molar-refractivity contribution is 5.63. The summed E-state index contributed by atoms with van der Waals surface area (Å²) in [5.74, 6) is 0.659. The predicted molar refractivity (Wildman–Crippen MR) is 83.1 cm³/mol. The molecule has 3 heterocycles. The summed E-state index contributed by atoms with van der Waals surface area (Å²) in [6.07, 6.45) is -0.902. The molecule has 0 saturated carbocycles. The van der Waals surface area contributed by atoms with Crippen LogP contribution in [0, 0.1) is 0 Å². The van der Waals surface area contributed by atoms with Crippen molar-refractivity contribution < 1.29 is 13.2 Å². The second-order valence-electron chi connectivity index (χ2n) is 6.34. The lowest BCUT2D eigenvalue weighted by Crippen LogP contribution is -2.39. The van der Waals surface area contributed by atoms with Crippen LogP contribution in [0.5, 0.6) is 0 Å². The van der Waals surface area contributed by atoms with E-state index in [0.717, 1.165) is 17.6 Å². The first-order valence-electron chi connectivity index (χ1n) is 7.39. The molecular formula is C14H18F3N7. The fraction of sp³-hybridized carbons (Fsp3) is 0.500. The number of rotatable bonds is 3. The van der Waals surface area contributed by atoms with Gasteiger partial charge in [-0.2, -0.15) is 23.3 Å². The number of halogens is 3. The maximum atomic E-state index is 12.4. The maximum Gasteiger partial charge on any atom is 0.408 e. The van der Waals surface area contributed by atoms with Crippen LogP contribution in [0.2, 0.25) is 0 Å². The monoisotopic (exact) mass is 341 g/mol. The summed E-state index contributed by atoms with van der Waals surface area (Å²) < 4.78 is 38.1. The van der Waals surface area contributed by atoms with Crippen LogP contribution in [0.15, 0.2) is 18.5 Å². The number of nitrogen functional groups attached to an aromatic ring is 1. The molecule has 2 aromatic rings. The van der Waals surface area contributed by atoms with Crippen LogP contribution >= 0.6 is 0 Å². The Balaban J connectivity index is 1.87. The van der Waals surface area contributed by atoms with Crippen molar-refractivity contribution in [3.8, 4) is 11.3 Å². The molecule has 1 atom stereocenters. The molecule has 2 aromatic heterocycles. The lowest BCUT2D eigenvalue weighted by Gasteiger charge is -2.21. The van der Waals surface area contributed by atoms with Gasteiger partial charge in [0.2, 0.25) is 5.95 Å². The molecule has 10 heteroatoms. The zero-order valence-corrected chi connectivity index (χ0v) is 13.1. The Kier molecular flexibility index (Phi) is 3.86. The zero-order valence-electron chi connectivity index (χ0n) is 13.1. The molecule has 4 N–H and O–H groups in total. The molecule has 24 heavy (non-hydrogen) atoms. The topological polar surface area (TPSA) is 98.9 Å². The van der Waals surface area contributed by atoms with E-state index in [2.05, 4.69) is 15.1 Å². The van der Waals surface area contributed by atoms with E-state index in [1.54, 1.807) is 6.07 Å². The van der Waals surface area contributed by atoms with Gasteiger partial charge in [0.15, 0.2) is 0 Å². The normalized spacial score (nSPS) is 21.5. The van der Waals surface area contributed by atoms with Gasteiger partial charge in [-0.25, -0.2) is 4.98 Å². The number of hydrogen-bond acceptors (Lipinski definition) is 6. The Morgan fingerprint density at radius 1 is 1.33 bits per heavy atom. The van der Waals surface area contributed by atoms with Crippen LogP contribution in [0.4, 0.5) is 24.9 Å². The van der Waals surface area contributed by atoms with Crippen LogP contribution in [0.25, 0.3) is 11.3 Å². The molecule has 0 unspecified atom stereocenters. The number of nitrogens with zero attached hydrogens (tertiary/aromatic N) is 5. The molecule has 0 aromatic carbocycles. The molecule has 1 aliphatic rings. The minimum atomic E-state index is -4.33. The van der Waals surface area contributed by atoms with E-state index in [-0.39, 0.29) is 11.5 Å². The Hall–Kier alpha value is -2.36. The van der Waals surface area contributed by atoms with Crippen molar-refractivity contribution in [3.63, 3.8) is 0 Å². The zero-order chi connectivity index (χ0) is 17.5. The lowest BCUT2D eigenvalue weighted by atomic mass is 10.0. The number of aromatic nitrogens is 4. The maximum absolute atomic E-state index is 12.4. The summed E-state index contributed by atoms with van der Waals surface area (Å²) in [4.78, 5) is 10.3. The highest BCUT2D eigenvalue weighted by Gasteiger charge is 2.31. The fourth-order valence-electron chi connectivity index (χ4n) is 2.71. The highest BCUT2D eigenvalue weighted by Crippen LogP contribution is 2.28. The van der Waals surface area contributed by atoms with Gasteiger partial charge in [-0.3, -0.25) is 4.68 Å². The molecule has 0 amide bonds. The summed E-state index contributed by atoms with van der Waals surface area (Å²) >= 11 is 0. The van der Waals surface area contributed by atoms with E-state index in [1.807, 2.05) is 11.8 Å². The average molecular weight is 341 g/mol. The Morgan fingerprint density at radius 3 is 2.71 bits per heavy atom. The smallest absolute Gasteiger partial charge is 0.368 e. The van der Waals surface area contributed by atoms with E-state index in [0.29, 0.717) is 23.6 Å². The third-order valence-electron chi connectivity index (χ3n) is 3.83. The van der Waals surface area contributed by atoms with Gasteiger partial charge in [-0.15, -0.1) is 0 Å². The molecule has 1 aliphatic heterocycles. The van der Waals surface area contributed by atoms with Crippen molar-refractivity contribution in [1.29, 1.82) is 0 Å². The number of anilines is 2.